The van der Waals surface area contributed by atoms with Crippen molar-refractivity contribution in [3.05, 3.63) is 48.5 Å². The van der Waals surface area contributed by atoms with Crippen LogP contribution in [0.1, 0.15) is 0 Å². The van der Waals surface area contributed by atoms with Crippen LogP contribution >= 0.6 is 0 Å². The number of hydrogen-bond acceptors (Lipinski definition) is 3. The summed E-state index contributed by atoms with van der Waals surface area (Å²) in [6, 6.07) is 15.6. The van der Waals surface area contributed by atoms with E-state index in [0.29, 0.717) is 6.61 Å². The van der Waals surface area contributed by atoms with E-state index in [1.807, 2.05) is 48.5 Å². The number of para-hydroxylation sites is 2. The molecule has 0 aliphatic heterocycles. The Morgan fingerprint density at radius 3 is 2.58 bits per heavy atom. The number of benzene rings is 2. The number of aliphatic hydroxyl groups excluding tert-OH is 1. The van der Waals surface area contributed by atoms with E-state index in [9.17, 15) is 0 Å². The van der Waals surface area contributed by atoms with Crippen LogP contribution in [0.25, 0.3) is 22.4 Å². The van der Waals surface area contributed by atoms with E-state index in [0.717, 1.165) is 28.2 Å². The smallest absolute Gasteiger partial charge is 0.138 e. The lowest BCUT2D eigenvalue weighted by atomic mass is 10.2. The molecule has 3 aromatic rings. The molecule has 0 bridgehead atoms. The monoisotopic (exact) mass is 254 g/mol. The highest BCUT2D eigenvalue weighted by molar-refractivity contribution is 5.79. The molecule has 4 nitrogen and oxygen atoms in total. The summed E-state index contributed by atoms with van der Waals surface area (Å²) >= 11 is 0. The predicted octanol–water partition coefficient (Wildman–Crippen LogP) is 2.60. The number of aromatic nitrogens is 2. The Labute approximate surface area is 110 Å². The molecule has 4 heteroatoms. The number of aromatic amines is 1. The third-order valence-electron chi connectivity index (χ3n) is 2.88. The van der Waals surface area contributed by atoms with Gasteiger partial charge in [-0.25, -0.2) is 4.98 Å². The van der Waals surface area contributed by atoms with Gasteiger partial charge in [-0.2, -0.15) is 0 Å². The van der Waals surface area contributed by atoms with Crippen molar-refractivity contribution in [1.29, 1.82) is 0 Å². The van der Waals surface area contributed by atoms with Crippen LogP contribution in [-0.2, 0) is 0 Å². The first-order valence-electron chi connectivity index (χ1n) is 6.15. The van der Waals surface area contributed by atoms with Gasteiger partial charge in [0.05, 0.1) is 17.6 Å². The van der Waals surface area contributed by atoms with Crippen molar-refractivity contribution in [3.63, 3.8) is 0 Å². The van der Waals surface area contributed by atoms with Gasteiger partial charge in [-0.05, 0) is 36.4 Å². The van der Waals surface area contributed by atoms with Crippen LogP contribution in [-0.4, -0.2) is 28.3 Å². The van der Waals surface area contributed by atoms with Crippen LogP contribution in [0, 0.1) is 0 Å². The van der Waals surface area contributed by atoms with Gasteiger partial charge < -0.3 is 14.8 Å². The summed E-state index contributed by atoms with van der Waals surface area (Å²) in [5.74, 6) is 1.59. The van der Waals surface area contributed by atoms with Crippen LogP contribution in [0.2, 0.25) is 0 Å². The average Bonchev–Trinajstić information content (AvgIpc) is 2.89. The van der Waals surface area contributed by atoms with Gasteiger partial charge in [0.25, 0.3) is 0 Å². The maximum Gasteiger partial charge on any atom is 0.138 e. The van der Waals surface area contributed by atoms with E-state index in [4.69, 9.17) is 9.84 Å². The van der Waals surface area contributed by atoms with Crippen LogP contribution < -0.4 is 4.74 Å². The number of hydrogen-bond donors (Lipinski definition) is 2. The summed E-state index contributed by atoms with van der Waals surface area (Å²) in [6.07, 6.45) is 0. The first-order valence-corrected chi connectivity index (χ1v) is 6.15. The lowest BCUT2D eigenvalue weighted by Crippen LogP contribution is -2.01. The molecule has 0 saturated heterocycles. The molecule has 2 N–H and O–H groups in total. The van der Waals surface area contributed by atoms with Crippen molar-refractivity contribution in [2.45, 2.75) is 0 Å². The largest absolute Gasteiger partial charge is 0.491 e. The fraction of sp³-hybridized carbons (Fsp3) is 0.133. The number of fused-ring (bicyclic) bond motifs is 1. The second-order valence-corrected chi connectivity index (χ2v) is 4.20. The maximum atomic E-state index is 8.70. The van der Waals surface area contributed by atoms with Crippen LogP contribution in [0.3, 0.4) is 0 Å². The SMILES string of the molecule is OCCOc1ccc(-c2nc3ccccc3[nH]2)cc1. The van der Waals surface area contributed by atoms with Crippen molar-refractivity contribution in [1.82, 2.24) is 9.97 Å². The first-order chi connectivity index (χ1) is 9.36. The number of nitrogens with one attached hydrogen (secondary N) is 1. The molecule has 0 radical (unpaired) electrons. The first kappa shape index (κ1) is 11.7. The van der Waals surface area contributed by atoms with Gasteiger partial charge in [0.15, 0.2) is 0 Å². The zero-order valence-corrected chi connectivity index (χ0v) is 10.3. The molecule has 0 fully saturated rings. The van der Waals surface area contributed by atoms with Gasteiger partial charge >= 0.3 is 0 Å². The maximum absolute atomic E-state index is 8.70. The number of aliphatic hydroxyl groups is 1. The Morgan fingerprint density at radius 2 is 1.84 bits per heavy atom. The summed E-state index contributed by atoms with van der Waals surface area (Å²) in [5.41, 5.74) is 2.99. The van der Waals surface area contributed by atoms with E-state index in [2.05, 4.69) is 9.97 Å². The highest BCUT2D eigenvalue weighted by atomic mass is 16.5. The molecule has 1 aromatic heterocycles. The van der Waals surface area contributed by atoms with Gasteiger partial charge in [0.1, 0.15) is 18.2 Å². The van der Waals surface area contributed by atoms with Crippen molar-refractivity contribution in [2.24, 2.45) is 0 Å². The van der Waals surface area contributed by atoms with Crippen molar-refractivity contribution in [3.8, 4) is 17.1 Å². The molecule has 1 heterocycles. The molecule has 0 aliphatic rings. The summed E-state index contributed by atoms with van der Waals surface area (Å²) in [7, 11) is 0. The standard InChI is InChI=1S/C15H14N2O2/c18-9-10-19-12-7-5-11(6-8-12)15-16-13-3-1-2-4-14(13)17-15/h1-8,18H,9-10H2,(H,16,17). The second kappa shape index (κ2) is 5.12. The highest BCUT2D eigenvalue weighted by Gasteiger charge is 2.04. The summed E-state index contributed by atoms with van der Waals surface area (Å²) in [5, 5.41) is 8.70. The summed E-state index contributed by atoms with van der Waals surface area (Å²) < 4.78 is 5.32. The number of rotatable bonds is 4. The van der Waals surface area contributed by atoms with Gasteiger partial charge in [-0.1, -0.05) is 12.1 Å². The average molecular weight is 254 g/mol. The zero-order valence-electron chi connectivity index (χ0n) is 10.3. The molecule has 2 aromatic carbocycles. The van der Waals surface area contributed by atoms with Crippen LogP contribution in [0.15, 0.2) is 48.5 Å². The molecule has 19 heavy (non-hydrogen) atoms. The molecule has 3 rings (SSSR count). The van der Waals surface area contributed by atoms with E-state index in [1.54, 1.807) is 0 Å². The van der Waals surface area contributed by atoms with Gasteiger partial charge in [0, 0.05) is 5.56 Å². The Kier molecular flexibility index (Phi) is 3.16. The molecular weight excluding hydrogens is 240 g/mol. The number of nitrogens with zero attached hydrogens (tertiary/aromatic N) is 1. The zero-order chi connectivity index (χ0) is 13.1. The summed E-state index contributed by atoms with van der Waals surface area (Å²) in [6.45, 7) is 0.329. The fourth-order valence-corrected chi connectivity index (χ4v) is 1.96. The molecule has 0 atom stereocenters. The molecule has 0 saturated carbocycles. The van der Waals surface area contributed by atoms with Gasteiger partial charge in [-0.3, -0.25) is 0 Å². The van der Waals surface area contributed by atoms with Crippen LogP contribution in [0.4, 0.5) is 0 Å². The normalized spacial score (nSPS) is 10.8. The third kappa shape index (κ3) is 2.44. The number of ether oxygens (including phenoxy) is 1. The Hall–Kier alpha value is -2.33. The van der Waals surface area contributed by atoms with Crippen molar-refractivity contribution < 1.29 is 9.84 Å². The van der Waals surface area contributed by atoms with E-state index in [-0.39, 0.29) is 6.61 Å². The Bertz CT molecular complexity index is 641. The molecular formula is C15H14N2O2. The minimum Gasteiger partial charge on any atom is -0.491 e. The second-order valence-electron chi connectivity index (χ2n) is 4.20. The van der Waals surface area contributed by atoms with Crippen LogP contribution in [0.5, 0.6) is 5.75 Å². The minimum atomic E-state index is 0.0192. The van der Waals surface area contributed by atoms with E-state index in [1.165, 1.54) is 0 Å². The number of H-pyrrole nitrogens is 1. The predicted molar refractivity (Wildman–Crippen MR) is 74.1 cm³/mol. The molecule has 96 valence electrons. The quantitative estimate of drug-likeness (QED) is 0.752. The summed E-state index contributed by atoms with van der Waals surface area (Å²) in [4.78, 5) is 7.82. The lowest BCUT2D eigenvalue weighted by molar-refractivity contribution is 0.201. The topological polar surface area (TPSA) is 58.1 Å². The van der Waals surface area contributed by atoms with E-state index < -0.39 is 0 Å². The third-order valence-corrected chi connectivity index (χ3v) is 2.88. The molecule has 0 spiro atoms. The van der Waals surface area contributed by atoms with E-state index >= 15 is 0 Å². The molecule has 0 aliphatic carbocycles. The minimum absolute atomic E-state index is 0.0192. The fourth-order valence-electron chi connectivity index (χ4n) is 1.96. The lowest BCUT2D eigenvalue weighted by Gasteiger charge is -2.04. The highest BCUT2D eigenvalue weighted by Crippen LogP contribution is 2.22. The van der Waals surface area contributed by atoms with Crippen molar-refractivity contribution in [2.75, 3.05) is 13.2 Å². The Balaban J connectivity index is 1.88. The van der Waals surface area contributed by atoms with Crippen molar-refractivity contribution >= 4 is 11.0 Å². The Morgan fingerprint density at radius 1 is 1.05 bits per heavy atom. The number of imidazole rings is 1. The molecule has 0 unspecified atom stereocenters. The molecule has 0 amide bonds. The van der Waals surface area contributed by atoms with Gasteiger partial charge in [0.2, 0.25) is 0 Å². The van der Waals surface area contributed by atoms with Gasteiger partial charge in [-0.15, -0.1) is 0 Å².